The van der Waals surface area contributed by atoms with Gasteiger partial charge in [-0.25, -0.2) is 0 Å². The summed E-state index contributed by atoms with van der Waals surface area (Å²) in [5, 5.41) is 9.13. The van der Waals surface area contributed by atoms with Crippen molar-refractivity contribution in [1.82, 2.24) is 19.7 Å². The summed E-state index contributed by atoms with van der Waals surface area (Å²) in [5.41, 5.74) is 0.970. The molecular formula is C17H22N4O2S. The Balaban J connectivity index is 1.72. The molecule has 1 aromatic carbocycles. The van der Waals surface area contributed by atoms with Crippen LogP contribution in [0.25, 0.3) is 5.69 Å². The Kier molecular flexibility index (Phi) is 5.40. The molecule has 0 N–H and O–H groups in total. The van der Waals surface area contributed by atoms with E-state index in [1.54, 1.807) is 0 Å². The molecule has 0 bridgehead atoms. The molecule has 0 atom stereocenters. The number of rotatable bonds is 6. The summed E-state index contributed by atoms with van der Waals surface area (Å²) in [5.74, 6) is 2.21. The van der Waals surface area contributed by atoms with E-state index in [0.717, 1.165) is 48.3 Å². The molecule has 128 valence electrons. The molecule has 6 nitrogen and oxygen atoms in total. The molecule has 7 heteroatoms. The second-order valence-electron chi connectivity index (χ2n) is 5.67. The second kappa shape index (κ2) is 7.70. The summed E-state index contributed by atoms with van der Waals surface area (Å²) in [7, 11) is 0. The largest absolute Gasteiger partial charge is 0.494 e. The van der Waals surface area contributed by atoms with Crippen LogP contribution in [0.5, 0.6) is 5.75 Å². The van der Waals surface area contributed by atoms with E-state index in [2.05, 4.69) is 10.2 Å². The average molecular weight is 346 g/mol. The predicted octanol–water partition coefficient (Wildman–Crippen LogP) is 2.69. The molecule has 3 rings (SSSR count). The van der Waals surface area contributed by atoms with Gasteiger partial charge in [-0.15, -0.1) is 10.2 Å². The molecule has 1 aliphatic rings. The van der Waals surface area contributed by atoms with Gasteiger partial charge in [0, 0.05) is 18.8 Å². The second-order valence-corrected chi connectivity index (χ2v) is 6.61. The van der Waals surface area contributed by atoms with E-state index in [-0.39, 0.29) is 5.91 Å². The molecule has 0 spiro atoms. The number of hydrogen-bond acceptors (Lipinski definition) is 5. The first-order valence-electron chi connectivity index (χ1n) is 8.25. The van der Waals surface area contributed by atoms with Crippen LogP contribution in [0.2, 0.25) is 0 Å². The highest BCUT2D eigenvalue weighted by atomic mass is 32.2. The standard InChI is InChI=1S/C17H22N4O2S/c1-3-23-15-8-6-14(7-9-15)21-13(2)18-19-17(21)24-12-16(22)20-10-4-5-11-20/h6-9H,3-5,10-12H2,1-2H3. The summed E-state index contributed by atoms with van der Waals surface area (Å²) < 4.78 is 7.45. The van der Waals surface area contributed by atoms with Gasteiger partial charge in [-0.3, -0.25) is 9.36 Å². The van der Waals surface area contributed by atoms with Gasteiger partial charge >= 0.3 is 0 Å². The number of aromatic nitrogens is 3. The van der Waals surface area contributed by atoms with Crippen molar-refractivity contribution in [2.75, 3.05) is 25.4 Å². The van der Waals surface area contributed by atoms with Crippen molar-refractivity contribution in [3.8, 4) is 11.4 Å². The van der Waals surface area contributed by atoms with Crippen molar-refractivity contribution in [1.29, 1.82) is 0 Å². The summed E-state index contributed by atoms with van der Waals surface area (Å²) in [6.45, 7) is 6.28. The molecule has 2 heterocycles. The molecule has 0 unspecified atom stereocenters. The van der Waals surface area contributed by atoms with Gasteiger partial charge in [-0.2, -0.15) is 0 Å². The van der Waals surface area contributed by atoms with Gasteiger partial charge in [0.1, 0.15) is 11.6 Å². The van der Waals surface area contributed by atoms with Gasteiger partial charge in [0.2, 0.25) is 5.91 Å². The van der Waals surface area contributed by atoms with E-state index >= 15 is 0 Å². The van der Waals surface area contributed by atoms with Crippen molar-refractivity contribution >= 4 is 17.7 Å². The predicted molar refractivity (Wildman–Crippen MR) is 93.8 cm³/mol. The third-order valence-corrected chi connectivity index (χ3v) is 4.90. The average Bonchev–Trinajstić information content (AvgIpc) is 3.24. The number of amides is 1. The molecule has 1 saturated heterocycles. The lowest BCUT2D eigenvalue weighted by atomic mass is 10.3. The Morgan fingerprint density at radius 1 is 1.21 bits per heavy atom. The lowest BCUT2D eigenvalue weighted by Crippen LogP contribution is -2.29. The molecule has 1 aromatic heterocycles. The van der Waals surface area contributed by atoms with Crippen molar-refractivity contribution in [2.24, 2.45) is 0 Å². The number of likely N-dealkylation sites (tertiary alicyclic amines) is 1. The van der Waals surface area contributed by atoms with Crippen LogP contribution in [0, 0.1) is 6.92 Å². The number of aryl methyl sites for hydroxylation is 1. The Bertz CT molecular complexity index is 693. The van der Waals surface area contributed by atoms with E-state index in [9.17, 15) is 4.79 Å². The van der Waals surface area contributed by atoms with Crippen LogP contribution in [0.1, 0.15) is 25.6 Å². The maximum Gasteiger partial charge on any atom is 0.233 e. The van der Waals surface area contributed by atoms with Gasteiger partial charge in [-0.05, 0) is 51.0 Å². The molecule has 0 aliphatic carbocycles. The van der Waals surface area contributed by atoms with Crippen LogP contribution >= 0.6 is 11.8 Å². The first-order valence-corrected chi connectivity index (χ1v) is 9.23. The first-order chi connectivity index (χ1) is 11.7. The van der Waals surface area contributed by atoms with E-state index in [1.165, 1.54) is 11.8 Å². The van der Waals surface area contributed by atoms with Crippen LogP contribution in [0.3, 0.4) is 0 Å². The van der Waals surface area contributed by atoms with Crippen molar-refractivity contribution < 1.29 is 9.53 Å². The molecule has 0 radical (unpaired) electrons. The van der Waals surface area contributed by atoms with E-state index in [1.807, 2.05) is 47.6 Å². The lowest BCUT2D eigenvalue weighted by Gasteiger charge is -2.15. The zero-order valence-electron chi connectivity index (χ0n) is 14.1. The van der Waals surface area contributed by atoms with Crippen LogP contribution in [0.4, 0.5) is 0 Å². The van der Waals surface area contributed by atoms with Crippen molar-refractivity contribution in [2.45, 2.75) is 31.8 Å². The zero-order valence-corrected chi connectivity index (χ0v) is 14.9. The zero-order chi connectivity index (χ0) is 16.9. The number of nitrogens with zero attached hydrogens (tertiary/aromatic N) is 4. The molecule has 1 amide bonds. The van der Waals surface area contributed by atoms with Gasteiger partial charge in [0.05, 0.1) is 12.4 Å². The minimum absolute atomic E-state index is 0.177. The minimum atomic E-state index is 0.177. The van der Waals surface area contributed by atoms with Crippen LogP contribution in [0.15, 0.2) is 29.4 Å². The first kappa shape index (κ1) is 16.8. The Morgan fingerprint density at radius 3 is 2.58 bits per heavy atom. The number of thioether (sulfide) groups is 1. The van der Waals surface area contributed by atoms with E-state index < -0.39 is 0 Å². The topological polar surface area (TPSA) is 60.2 Å². The van der Waals surface area contributed by atoms with Gasteiger partial charge < -0.3 is 9.64 Å². The Morgan fingerprint density at radius 2 is 1.92 bits per heavy atom. The SMILES string of the molecule is CCOc1ccc(-n2c(C)nnc2SCC(=O)N2CCCC2)cc1. The van der Waals surface area contributed by atoms with Gasteiger partial charge in [-0.1, -0.05) is 11.8 Å². The molecule has 2 aromatic rings. The third kappa shape index (κ3) is 3.72. The molecular weight excluding hydrogens is 324 g/mol. The van der Waals surface area contributed by atoms with Crippen molar-refractivity contribution in [3.63, 3.8) is 0 Å². The van der Waals surface area contributed by atoms with Gasteiger partial charge in [0.25, 0.3) is 0 Å². The third-order valence-electron chi connectivity index (χ3n) is 3.98. The minimum Gasteiger partial charge on any atom is -0.494 e. The molecule has 1 fully saturated rings. The molecule has 24 heavy (non-hydrogen) atoms. The summed E-state index contributed by atoms with van der Waals surface area (Å²) in [6, 6.07) is 7.83. The number of carbonyl (C=O) groups is 1. The number of ether oxygens (including phenoxy) is 1. The fourth-order valence-corrected chi connectivity index (χ4v) is 3.68. The quantitative estimate of drug-likeness (QED) is 0.753. The monoisotopic (exact) mass is 346 g/mol. The highest BCUT2D eigenvalue weighted by Crippen LogP contribution is 2.24. The molecule has 1 aliphatic heterocycles. The van der Waals surface area contributed by atoms with Crippen LogP contribution in [-0.4, -0.2) is 51.0 Å². The fourth-order valence-electron chi connectivity index (χ4n) is 2.78. The summed E-state index contributed by atoms with van der Waals surface area (Å²) in [4.78, 5) is 14.1. The smallest absolute Gasteiger partial charge is 0.233 e. The highest BCUT2D eigenvalue weighted by molar-refractivity contribution is 7.99. The fraction of sp³-hybridized carbons (Fsp3) is 0.471. The number of carbonyl (C=O) groups excluding carboxylic acids is 1. The maximum atomic E-state index is 12.2. The summed E-state index contributed by atoms with van der Waals surface area (Å²) in [6.07, 6.45) is 2.22. The normalized spacial score (nSPS) is 14.2. The highest BCUT2D eigenvalue weighted by Gasteiger charge is 2.19. The summed E-state index contributed by atoms with van der Waals surface area (Å²) >= 11 is 1.44. The van der Waals surface area contributed by atoms with Crippen LogP contribution < -0.4 is 4.74 Å². The van der Waals surface area contributed by atoms with E-state index in [4.69, 9.17) is 4.74 Å². The number of hydrogen-bond donors (Lipinski definition) is 0. The van der Waals surface area contributed by atoms with Crippen molar-refractivity contribution in [3.05, 3.63) is 30.1 Å². The maximum absolute atomic E-state index is 12.2. The van der Waals surface area contributed by atoms with Crippen LogP contribution in [-0.2, 0) is 4.79 Å². The Hall–Kier alpha value is -2.02. The Labute approximate surface area is 146 Å². The van der Waals surface area contributed by atoms with E-state index in [0.29, 0.717) is 12.4 Å². The lowest BCUT2D eigenvalue weighted by molar-refractivity contribution is -0.127. The van der Waals surface area contributed by atoms with Gasteiger partial charge in [0.15, 0.2) is 5.16 Å². The number of benzene rings is 1. The molecule has 0 saturated carbocycles.